The molecule has 2 rings (SSSR count). The maximum Gasteiger partial charge on any atom is 0.0438 e. The number of aromatic nitrogens is 1. The van der Waals surface area contributed by atoms with E-state index in [1.54, 1.807) is 0 Å². The van der Waals surface area contributed by atoms with Crippen molar-refractivity contribution in [1.82, 2.24) is 10.3 Å². The smallest absolute Gasteiger partial charge is 0.0438 e. The van der Waals surface area contributed by atoms with Crippen molar-refractivity contribution in [3.8, 4) is 0 Å². The number of hydrogen-bond acceptors (Lipinski definition) is 2. The number of benzene rings is 1. The fourth-order valence-electron chi connectivity index (χ4n) is 2.27. The summed E-state index contributed by atoms with van der Waals surface area (Å²) in [5.41, 5.74) is 2.28. The molecule has 4 heteroatoms. The molecule has 0 radical (unpaired) electrons. The minimum Gasteiger partial charge on any atom is -0.313 e. The van der Waals surface area contributed by atoms with Crippen LogP contribution < -0.4 is 5.32 Å². The van der Waals surface area contributed by atoms with Crippen LogP contribution in [0.5, 0.6) is 0 Å². The maximum absolute atomic E-state index is 6.28. The summed E-state index contributed by atoms with van der Waals surface area (Å²) in [6.07, 6.45) is 4.78. The van der Waals surface area contributed by atoms with E-state index in [4.69, 9.17) is 11.6 Å². The highest BCUT2D eigenvalue weighted by Gasteiger charge is 2.12. The van der Waals surface area contributed by atoms with Gasteiger partial charge >= 0.3 is 0 Å². The van der Waals surface area contributed by atoms with Crippen molar-refractivity contribution in [2.24, 2.45) is 0 Å². The molecular weight excluding hydrogens is 348 g/mol. The van der Waals surface area contributed by atoms with E-state index >= 15 is 0 Å². The average Bonchev–Trinajstić information content (AvgIpc) is 2.49. The first-order valence-corrected chi connectivity index (χ1v) is 8.43. The van der Waals surface area contributed by atoms with Gasteiger partial charge in [-0.1, -0.05) is 36.7 Å². The molecule has 112 valence electrons. The standard InChI is InChI=1S/C17H20BrClN2/c1-2-9-20-16(10-13-5-3-4-6-17(13)19)11-15-8-7-14(18)12-21-15/h3-8,12,16,20H,2,9-11H2,1H3. The number of pyridine rings is 1. The van der Waals surface area contributed by atoms with E-state index in [1.165, 1.54) is 5.56 Å². The molecule has 0 aliphatic heterocycles. The molecule has 21 heavy (non-hydrogen) atoms. The molecule has 0 spiro atoms. The summed E-state index contributed by atoms with van der Waals surface area (Å²) < 4.78 is 1.01. The lowest BCUT2D eigenvalue weighted by atomic mass is 10.0. The quantitative estimate of drug-likeness (QED) is 0.770. The molecule has 2 aromatic rings. The Kier molecular flexibility index (Phi) is 6.68. The summed E-state index contributed by atoms with van der Waals surface area (Å²) in [6.45, 7) is 3.18. The van der Waals surface area contributed by atoms with E-state index in [0.29, 0.717) is 6.04 Å². The zero-order chi connectivity index (χ0) is 15.1. The number of halogens is 2. The summed E-state index contributed by atoms with van der Waals surface area (Å²) in [6, 6.07) is 12.5. The highest BCUT2D eigenvalue weighted by molar-refractivity contribution is 9.10. The maximum atomic E-state index is 6.28. The van der Waals surface area contributed by atoms with Crippen molar-refractivity contribution in [2.45, 2.75) is 32.2 Å². The third-order valence-electron chi connectivity index (χ3n) is 3.35. The zero-order valence-corrected chi connectivity index (χ0v) is 14.5. The largest absolute Gasteiger partial charge is 0.313 e. The topological polar surface area (TPSA) is 24.9 Å². The number of hydrogen-bond donors (Lipinski definition) is 1. The van der Waals surface area contributed by atoms with Gasteiger partial charge in [-0.15, -0.1) is 0 Å². The Hall–Kier alpha value is -0.900. The lowest BCUT2D eigenvalue weighted by molar-refractivity contribution is 0.500. The van der Waals surface area contributed by atoms with Crippen molar-refractivity contribution in [3.05, 3.63) is 63.3 Å². The molecule has 1 atom stereocenters. The third kappa shape index (κ3) is 5.42. The van der Waals surface area contributed by atoms with E-state index in [9.17, 15) is 0 Å². The van der Waals surface area contributed by atoms with Crippen LogP contribution in [-0.4, -0.2) is 17.6 Å². The Morgan fingerprint density at radius 2 is 2.00 bits per heavy atom. The highest BCUT2D eigenvalue weighted by Crippen LogP contribution is 2.18. The molecule has 1 heterocycles. The first-order chi connectivity index (χ1) is 10.2. The van der Waals surface area contributed by atoms with Crippen LogP contribution in [0.15, 0.2) is 47.1 Å². The summed E-state index contributed by atoms with van der Waals surface area (Å²) in [5.74, 6) is 0. The minimum atomic E-state index is 0.346. The van der Waals surface area contributed by atoms with Crippen molar-refractivity contribution < 1.29 is 0 Å². The summed E-state index contributed by atoms with van der Waals surface area (Å²) in [7, 11) is 0. The molecule has 0 bridgehead atoms. The van der Waals surface area contributed by atoms with Crippen LogP contribution in [0.4, 0.5) is 0 Å². The van der Waals surface area contributed by atoms with Crippen LogP contribution >= 0.6 is 27.5 Å². The monoisotopic (exact) mass is 366 g/mol. The second-order valence-electron chi connectivity index (χ2n) is 5.12. The van der Waals surface area contributed by atoms with Gasteiger partial charge in [0.1, 0.15) is 0 Å². The molecule has 1 unspecified atom stereocenters. The van der Waals surface area contributed by atoms with Gasteiger partial charge in [-0.3, -0.25) is 4.98 Å². The lowest BCUT2D eigenvalue weighted by Crippen LogP contribution is -2.34. The van der Waals surface area contributed by atoms with Gasteiger partial charge in [-0.05, 0) is 59.1 Å². The Balaban J connectivity index is 2.07. The second kappa shape index (κ2) is 8.52. The van der Waals surface area contributed by atoms with Crippen molar-refractivity contribution in [2.75, 3.05) is 6.54 Å². The molecule has 0 amide bonds. The Morgan fingerprint density at radius 3 is 2.67 bits per heavy atom. The van der Waals surface area contributed by atoms with Crippen LogP contribution in [-0.2, 0) is 12.8 Å². The van der Waals surface area contributed by atoms with Crippen molar-refractivity contribution in [3.63, 3.8) is 0 Å². The van der Waals surface area contributed by atoms with Gasteiger partial charge in [0.25, 0.3) is 0 Å². The summed E-state index contributed by atoms with van der Waals surface area (Å²) in [5, 5.41) is 4.44. The predicted molar refractivity (Wildman–Crippen MR) is 92.9 cm³/mol. The van der Waals surface area contributed by atoms with Gasteiger partial charge in [0.15, 0.2) is 0 Å². The van der Waals surface area contributed by atoms with Crippen LogP contribution in [0.1, 0.15) is 24.6 Å². The van der Waals surface area contributed by atoms with Crippen LogP contribution in [0.3, 0.4) is 0 Å². The predicted octanol–water partition coefficient (Wildman–Crippen LogP) is 4.65. The fraction of sp³-hybridized carbons (Fsp3) is 0.353. The number of nitrogens with zero attached hydrogens (tertiary/aromatic N) is 1. The molecule has 0 saturated carbocycles. The molecular formula is C17H20BrClN2. The van der Waals surface area contributed by atoms with Gasteiger partial charge in [0.2, 0.25) is 0 Å². The highest BCUT2D eigenvalue weighted by atomic mass is 79.9. The minimum absolute atomic E-state index is 0.346. The molecule has 2 nitrogen and oxygen atoms in total. The zero-order valence-electron chi connectivity index (χ0n) is 12.2. The molecule has 0 aliphatic rings. The van der Waals surface area contributed by atoms with E-state index in [0.717, 1.165) is 41.0 Å². The van der Waals surface area contributed by atoms with Crippen LogP contribution in [0.25, 0.3) is 0 Å². The van der Waals surface area contributed by atoms with Crippen molar-refractivity contribution in [1.29, 1.82) is 0 Å². The first kappa shape index (κ1) is 16.5. The summed E-state index contributed by atoms with van der Waals surface area (Å²) in [4.78, 5) is 4.47. The Morgan fingerprint density at radius 1 is 1.19 bits per heavy atom. The van der Waals surface area contributed by atoms with Gasteiger partial charge in [0, 0.05) is 33.8 Å². The lowest BCUT2D eigenvalue weighted by Gasteiger charge is -2.19. The van der Waals surface area contributed by atoms with Crippen LogP contribution in [0.2, 0.25) is 5.02 Å². The second-order valence-corrected chi connectivity index (χ2v) is 6.44. The van der Waals surface area contributed by atoms with Gasteiger partial charge < -0.3 is 5.32 Å². The van der Waals surface area contributed by atoms with E-state index < -0.39 is 0 Å². The Bertz CT molecular complexity index is 557. The third-order valence-corrected chi connectivity index (χ3v) is 4.19. The number of rotatable bonds is 7. The van der Waals surface area contributed by atoms with E-state index in [2.05, 4.69) is 45.3 Å². The van der Waals surface area contributed by atoms with Gasteiger partial charge in [0.05, 0.1) is 0 Å². The summed E-state index contributed by atoms with van der Waals surface area (Å²) >= 11 is 9.70. The van der Waals surface area contributed by atoms with Gasteiger partial charge in [-0.2, -0.15) is 0 Å². The van der Waals surface area contributed by atoms with Gasteiger partial charge in [-0.25, -0.2) is 0 Å². The fourth-order valence-corrected chi connectivity index (χ4v) is 2.72. The number of nitrogens with one attached hydrogen (secondary N) is 1. The molecule has 1 aromatic carbocycles. The molecule has 0 saturated heterocycles. The molecule has 0 fully saturated rings. The first-order valence-electron chi connectivity index (χ1n) is 7.26. The SMILES string of the molecule is CCCNC(Cc1ccc(Br)cn1)Cc1ccccc1Cl. The van der Waals surface area contributed by atoms with Crippen molar-refractivity contribution >= 4 is 27.5 Å². The molecule has 0 aliphatic carbocycles. The average molecular weight is 368 g/mol. The van der Waals surface area contributed by atoms with E-state index in [-0.39, 0.29) is 0 Å². The molecule has 1 aromatic heterocycles. The Labute approximate surface area is 140 Å². The van der Waals surface area contributed by atoms with Crippen LogP contribution in [0, 0.1) is 0 Å². The van der Waals surface area contributed by atoms with E-state index in [1.807, 2.05) is 30.5 Å². The normalized spacial score (nSPS) is 12.3. The molecule has 1 N–H and O–H groups in total.